The van der Waals surface area contributed by atoms with Crippen LogP contribution in [0.5, 0.6) is 0 Å². The van der Waals surface area contributed by atoms with Gasteiger partial charge in [0.2, 0.25) is 0 Å². The average Bonchev–Trinajstić information content (AvgIpc) is 3.11. The molecule has 4 saturated carbocycles. The quantitative estimate of drug-likeness (QED) is 0.469. The van der Waals surface area contributed by atoms with Crippen molar-refractivity contribution in [2.45, 2.75) is 112 Å². The van der Waals surface area contributed by atoms with Crippen molar-refractivity contribution in [1.82, 2.24) is 0 Å². The van der Waals surface area contributed by atoms with Gasteiger partial charge in [-0.2, -0.15) is 0 Å². The minimum Gasteiger partial charge on any atom is -0.481 e. The second kappa shape index (κ2) is 9.70. The molecule has 0 aromatic rings. The van der Waals surface area contributed by atoms with Crippen molar-refractivity contribution < 1.29 is 29.0 Å². The highest BCUT2D eigenvalue weighted by Gasteiger charge is 2.66. The Labute approximate surface area is 210 Å². The van der Waals surface area contributed by atoms with Gasteiger partial charge >= 0.3 is 17.9 Å². The third kappa shape index (κ3) is 4.52. The molecule has 0 amide bonds. The smallest absolute Gasteiger partial charge is 0.303 e. The van der Waals surface area contributed by atoms with Crippen molar-refractivity contribution in [3.8, 4) is 0 Å². The SMILES string of the molecule is CC[C@@H]1C2C[C@H](OC(C)=O)CC[C@]2(C)C2CC[C@@]3(C)C(CC[C@@H]3[C@H](C)CC(=O)O)C2[C@@H]1OC(C)=O. The lowest BCUT2D eigenvalue weighted by molar-refractivity contribution is -0.219. The number of rotatable bonds is 6. The summed E-state index contributed by atoms with van der Waals surface area (Å²) < 4.78 is 11.9. The molecule has 0 bridgehead atoms. The van der Waals surface area contributed by atoms with Crippen LogP contribution in [-0.2, 0) is 23.9 Å². The van der Waals surface area contributed by atoms with Gasteiger partial charge in [0.25, 0.3) is 0 Å². The number of carbonyl (C=O) groups excluding carboxylic acids is 2. The van der Waals surface area contributed by atoms with Gasteiger partial charge in [0.15, 0.2) is 0 Å². The van der Waals surface area contributed by atoms with Gasteiger partial charge in [-0.1, -0.05) is 27.7 Å². The zero-order valence-corrected chi connectivity index (χ0v) is 22.5. The number of hydrogen-bond acceptors (Lipinski definition) is 5. The van der Waals surface area contributed by atoms with Gasteiger partial charge in [0.05, 0.1) is 0 Å². The second-order valence-electron chi connectivity index (χ2n) is 12.9. The van der Waals surface area contributed by atoms with Crippen LogP contribution in [0.4, 0.5) is 0 Å². The van der Waals surface area contributed by atoms with Gasteiger partial charge in [-0.25, -0.2) is 0 Å². The molecule has 6 heteroatoms. The van der Waals surface area contributed by atoms with Crippen LogP contribution in [-0.4, -0.2) is 35.2 Å². The second-order valence-corrected chi connectivity index (χ2v) is 12.9. The van der Waals surface area contributed by atoms with Crippen LogP contribution in [0.15, 0.2) is 0 Å². The first-order chi connectivity index (χ1) is 16.4. The summed E-state index contributed by atoms with van der Waals surface area (Å²) in [5.41, 5.74) is 0.232. The van der Waals surface area contributed by atoms with E-state index in [2.05, 4.69) is 27.7 Å². The largest absolute Gasteiger partial charge is 0.481 e. The maximum atomic E-state index is 12.4. The van der Waals surface area contributed by atoms with Crippen LogP contribution in [0, 0.1) is 52.3 Å². The van der Waals surface area contributed by atoms with Gasteiger partial charge in [0, 0.05) is 26.2 Å². The fourth-order valence-corrected chi connectivity index (χ4v) is 10.00. The van der Waals surface area contributed by atoms with Gasteiger partial charge < -0.3 is 14.6 Å². The molecule has 0 heterocycles. The van der Waals surface area contributed by atoms with Crippen LogP contribution in [0.3, 0.4) is 0 Å². The highest BCUT2D eigenvalue weighted by atomic mass is 16.5. The Hall–Kier alpha value is -1.59. The number of fused-ring (bicyclic) bond motifs is 5. The standard InChI is InChI=1S/C29H46O6/c1-7-20-24-15-19(34-17(3)30)10-12-29(24,6)23-11-13-28(5)21(16(2)14-25(32)33)8-9-22(28)26(23)27(20)35-18(4)31/h16,19-24,26-27H,7-15H2,1-6H3,(H,32,33)/t16-,19-,20-,21-,22?,23?,24?,26?,27-,28-,29-/m1/s1. The molecule has 198 valence electrons. The minimum atomic E-state index is -0.709. The third-order valence-electron chi connectivity index (χ3n) is 11.2. The number of aliphatic carboxylic acids is 1. The predicted molar refractivity (Wildman–Crippen MR) is 132 cm³/mol. The highest BCUT2D eigenvalue weighted by molar-refractivity contribution is 5.67. The fourth-order valence-electron chi connectivity index (χ4n) is 10.00. The summed E-state index contributed by atoms with van der Waals surface area (Å²) >= 11 is 0. The van der Waals surface area contributed by atoms with E-state index >= 15 is 0 Å². The van der Waals surface area contributed by atoms with Gasteiger partial charge in [-0.3, -0.25) is 14.4 Å². The topological polar surface area (TPSA) is 89.9 Å². The molecule has 4 unspecified atom stereocenters. The molecule has 4 fully saturated rings. The summed E-state index contributed by atoms with van der Waals surface area (Å²) in [7, 11) is 0. The Balaban J connectivity index is 1.70. The summed E-state index contributed by atoms with van der Waals surface area (Å²) in [6, 6.07) is 0. The van der Waals surface area contributed by atoms with Gasteiger partial charge in [-0.15, -0.1) is 0 Å². The monoisotopic (exact) mass is 490 g/mol. The van der Waals surface area contributed by atoms with Crippen molar-refractivity contribution in [1.29, 1.82) is 0 Å². The number of carbonyl (C=O) groups is 3. The van der Waals surface area contributed by atoms with Gasteiger partial charge in [0.1, 0.15) is 12.2 Å². The van der Waals surface area contributed by atoms with E-state index < -0.39 is 5.97 Å². The molecular weight excluding hydrogens is 444 g/mol. The van der Waals surface area contributed by atoms with Crippen LogP contribution in [0.2, 0.25) is 0 Å². The lowest BCUT2D eigenvalue weighted by Gasteiger charge is -2.65. The molecule has 0 aromatic carbocycles. The molecule has 0 spiro atoms. The Morgan fingerprint density at radius 1 is 0.914 bits per heavy atom. The van der Waals surface area contributed by atoms with E-state index in [1.807, 2.05) is 0 Å². The van der Waals surface area contributed by atoms with Crippen molar-refractivity contribution in [3.05, 3.63) is 0 Å². The summed E-state index contributed by atoms with van der Waals surface area (Å²) in [6.45, 7) is 12.2. The fraction of sp³-hybridized carbons (Fsp3) is 0.897. The molecular formula is C29H46O6. The van der Waals surface area contributed by atoms with Crippen LogP contribution in [0.1, 0.15) is 99.3 Å². The van der Waals surface area contributed by atoms with E-state index in [0.29, 0.717) is 29.6 Å². The first kappa shape index (κ1) is 26.5. The zero-order chi connectivity index (χ0) is 25.7. The summed E-state index contributed by atoms with van der Waals surface area (Å²) in [4.78, 5) is 35.7. The third-order valence-corrected chi connectivity index (χ3v) is 11.2. The Bertz CT molecular complexity index is 839. The Kier molecular flexibility index (Phi) is 7.34. The van der Waals surface area contributed by atoms with Crippen molar-refractivity contribution >= 4 is 17.9 Å². The van der Waals surface area contributed by atoms with Crippen LogP contribution in [0.25, 0.3) is 0 Å². The van der Waals surface area contributed by atoms with E-state index in [-0.39, 0.29) is 53.2 Å². The van der Waals surface area contributed by atoms with Crippen molar-refractivity contribution in [3.63, 3.8) is 0 Å². The molecule has 0 aromatic heterocycles. The zero-order valence-electron chi connectivity index (χ0n) is 22.5. The average molecular weight is 491 g/mol. The number of ether oxygens (including phenoxy) is 2. The number of esters is 2. The number of carboxylic acid groups (broad SMARTS) is 1. The van der Waals surface area contributed by atoms with Gasteiger partial charge in [-0.05, 0) is 97.7 Å². The minimum absolute atomic E-state index is 0.0456. The molecule has 1 N–H and O–H groups in total. The maximum Gasteiger partial charge on any atom is 0.303 e. The first-order valence-electron chi connectivity index (χ1n) is 14.0. The molecule has 4 aliphatic carbocycles. The Morgan fingerprint density at radius 2 is 1.54 bits per heavy atom. The summed E-state index contributed by atoms with van der Waals surface area (Å²) in [5, 5.41) is 9.47. The van der Waals surface area contributed by atoms with E-state index in [1.165, 1.54) is 13.8 Å². The molecule has 0 radical (unpaired) electrons. The van der Waals surface area contributed by atoms with Crippen molar-refractivity contribution in [2.75, 3.05) is 0 Å². The normalized spacial score (nSPS) is 45.4. The molecule has 4 aliphatic rings. The summed E-state index contributed by atoms with van der Waals surface area (Å²) in [6.07, 6.45) is 8.20. The molecule has 6 nitrogen and oxygen atoms in total. The van der Waals surface area contributed by atoms with E-state index in [9.17, 15) is 19.5 Å². The molecule has 11 atom stereocenters. The van der Waals surface area contributed by atoms with Crippen LogP contribution >= 0.6 is 0 Å². The summed E-state index contributed by atoms with van der Waals surface area (Å²) in [5.74, 6) is 1.28. The number of hydrogen-bond donors (Lipinski definition) is 1. The van der Waals surface area contributed by atoms with E-state index in [4.69, 9.17) is 9.47 Å². The molecule has 4 rings (SSSR count). The molecule has 35 heavy (non-hydrogen) atoms. The highest BCUT2D eigenvalue weighted by Crippen LogP contribution is 2.70. The van der Waals surface area contributed by atoms with E-state index in [1.54, 1.807) is 0 Å². The van der Waals surface area contributed by atoms with Crippen LogP contribution < -0.4 is 0 Å². The number of carboxylic acids is 1. The molecule has 0 aliphatic heterocycles. The predicted octanol–water partition coefficient (Wildman–Crippen LogP) is 5.87. The maximum absolute atomic E-state index is 12.4. The lowest BCUT2D eigenvalue weighted by Crippen LogP contribution is -2.63. The lowest BCUT2D eigenvalue weighted by atomic mass is 9.41. The van der Waals surface area contributed by atoms with E-state index in [0.717, 1.165) is 51.4 Å². The van der Waals surface area contributed by atoms with Crippen molar-refractivity contribution in [2.24, 2.45) is 52.3 Å². The first-order valence-corrected chi connectivity index (χ1v) is 14.0. The Morgan fingerprint density at radius 3 is 2.14 bits per heavy atom. The molecule has 0 saturated heterocycles.